The highest BCUT2D eigenvalue weighted by atomic mass is 16.4. The first-order chi connectivity index (χ1) is 22.9. The van der Waals surface area contributed by atoms with Crippen LogP contribution in [0.3, 0.4) is 0 Å². The third kappa shape index (κ3) is 10.9. The summed E-state index contributed by atoms with van der Waals surface area (Å²) in [7, 11) is 0. The molecule has 3 heterocycles. The molecule has 0 unspecified atom stereocenters. The van der Waals surface area contributed by atoms with E-state index in [4.69, 9.17) is 15.1 Å². The molecule has 2 aromatic heterocycles. The Kier molecular flexibility index (Phi) is 13.1. The highest BCUT2D eigenvalue weighted by Gasteiger charge is 2.24. The number of para-hydroxylation sites is 1. The van der Waals surface area contributed by atoms with Gasteiger partial charge in [-0.05, 0) is 76.7 Å². The Morgan fingerprint density at radius 1 is 0.979 bits per heavy atom. The average molecular weight is 649 g/mol. The summed E-state index contributed by atoms with van der Waals surface area (Å²) in [6.45, 7) is 7.27. The van der Waals surface area contributed by atoms with Crippen LogP contribution in [-0.4, -0.2) is 91.7 Å². The van der Waals surface area contributed by atoms with Gasteiger partial charge in [-0.15, -0.1) is 5.10 Å². The highest BCUT2D eigenvalue weighted by Crippen LogP contribution is 2.25. The van der Waals surface area contributed by atoms with E-state index in [0.717, 1.165) is 80.3 Å². The second kappa shape index (κ2) is 17.9. The summed E-state index contributed by atoms with van der Waals surface area (Å²) in [4.78, 5) is 35.1. The Bertz CT molecular complexity index is 1420. The molecule has 2 aliphatic rings. The van der Waals surface area contributed by atoms with Gasteiger partial charge in [-0.1, -0.05) is 43.5 Å². The first-order valence-corrected chi connectivity index (χ1v) is 17.6. The lowest BCUT2D eigenvalue weighted by molar-refractivity contribution is -0.141. The molecule has 13 heteroatoms. The summed E-state index contributed by atoms with van der Waals surface area (Å²) < 4.78 is 1.89. The van der Waals surface area contributed by atoms with Crippen LogP contribution >= 0.6 is 0 Å². The van der Waals surface area contributed by atoms with Crippen molar-refractivity contribution in [1.29, 1.82) is 0 Å². The number of rotatable bonds is 18. The second-order valence-electron chi connectivity index (χ2n) is 13.1. The van der Waals surface area contributed by atoms with Gasteiger partial charge in [-0.25, -0.2) is 4.98 Å². The molecule has 0 radical (unpaired) electrons. The number of hydrogen-bond donors (Lipinski definition) is 5. The molecule has 1 saturated heterocycles. The Morgan fingerprint density at radius 3 is 2.57 bits per heavy atom. The fourth-order valence-corrected chi connectivity index (χ4v) is 6.37. The van der Waals surface area contributed by atoms with E-state index in [1.54, 1.807) is 6.92 Å². The van der Waals surface area contributed by atoms with E-state index in [2.05, 4.69) is 31.6 Å². The van der Waals surface area contributed by atoms with Gasteiger partial charge in [-0.2, -0.15) is 4.98 Å². The standard InChI is InChI=1S/C34H52N10O3/c1-25(33(46)47)13-14-31(45)43-21-15-27(16-22-43)38-32-29-11-5-6-12-30(29)39-34(40-32)37-23-28-24-44(42-41-28)20-8-18-35-17-7-19-36-26-9-3-2-4-10-26/h5-6,11-12,24-27,35-36H,2-4,7-10,13-23H2,1H3,(H,46,47)(H2,37,38,39,40)/t25-/m0/s1. The molecule has 5 N–H and O–H groups in total. The number of piperidine rings is 1. The Morgan fingerprint density at radius 2 is 1.77 bits per heavy atom. The molecule has 0 bridgehead atoms. The molecule has 5 rings (SSSR count). The predicted molar refractivity (Wildman–Crippen MR) is 183 cm³/mol. The number of carboxylic acid groups (broad SMARTS) is 1. The maximum Gasteiger partial charge on any atom is 0.306 e. The molecule has 1 saturated carbocycles. The van der Waals surface area contributed by atoms with Crippen molar-refractivity contribution in [2.75, 3.05) is 43.4 Å². The van der Waals surface area contributed by atoms with E-state index in [9.17, 15) is 9.59 Å². The van der Waals surface area contributed by atoms with Crippen molar-refractivity contribution in [3.63, 3.8) is 0 Å². The van der Waals surface area contributed by atoms with Crippen LogP contribution in [-0.2, 0) is 22.7 Å². The van der Waals surface area contributed by atoms with E-state index < -0.39 is 11.9 Å². The molecule has 1 aliphatic heterocycles. The number of amides is 1. The van der Waals surface area contributed by atoms with Gasteiger partial charge in [0.2, 0.25) is 11.9 Å². The van der Waals surface area contributed by atoms with Gasteiger partial charge in [0.05, 0.1) is 24.2 Å². The van der Waals surface area contributed by atoms with Crippen molar-refractivity contribution in [1.82, 2.24) is 40.5 Å². The van der Waals surface area contributed by atoms with E-state index in [0.29, 0.717) is 32.0 Å². The number of aryl methyl sites for hydroxylation is 1. The number of aromatic nitrogens is 5. The van der Waals surface area contributed by atoms with E-state index >= 15 is 0 Å². The molecule has 0 spiro atoms. The van der Waals surface area contributed by atoms with Crippen LogP contribution in [0, 0.1) is 5.92 Å². The third-order valence-electron chi connectivity index (χ3n) is 9.33. The number of benzene rings is 1. The minimum Gasteiger partial charge on any atom is -0.481 e. The first-order valence-electron chi connectivity index (χ1n) is 17.6. The molecule has 47 heavy (non-hydrogen) atoms. The van der Waals surface area contributed by atoms with Gasteiger partial charge in [0.15, 0.2) is 0 Å². The number of nitrogens with zero attached hydrogens (tertiary/aromatic N) is 6. The second-order valence-corrected chi connectivity index (χ2v) is 13.1. The Balaban J connectivity index is 1.03. The van der Waals surface area contributed by atoms with Gasteiger partial charge < -0.3 is 31.3 Å². The average Bonchev–Trinajstić information content (AvgIpc) is 3.55. The molecule has 2 fully saturated rings. The minimum atomic E-state index is -0.861. The molecule has 1 aliphatic carbocycles. The maximum absolute atomic E-state index is 12.6. The number of carboxylic acids is 1. The molecule has 3 aromatic rings. The molecular formula is C34H52N10O3. The Labute approximate surface area is 277 Å². The fraction of sp³-hybridized carbons (Fsp3) is 0.647. The zero-order chi connectivity index (χ0) is 32.8. The van der Waals surface area contributed by atoms with Crippen LogP contribution in [0.15, 0.2) is 30.5 Å². The van der Waals surface area contributed by atoms with Crippen LogP contribution in [0.4, 0.5) is 11.8 Å². The Hall–Kier alpha value is -3.84. The molecule has 1 atom stereocenters. The van der Waals surface area contributed by atoms with Gasteiger partial charge in [0.25, 0.3) is 0 Å². The van der Waals surface area contributed by atoms with Gasteiger partial charge in [0, 0.05) is 43.5 Å². The lowest BCUT2D eigenvalue weighted by Crippen LogP contribution is -2.42. The SMILES string of the molecule is C[C@@H](CCC(=O)N1CCC(Nc2nc(NCc3cn(CCCNCCCNC4CCCCC4)nn3)nc3ccccc23)CC1)C(=O)O. The normalized spacial score (nSPS) is 16.7. The smallest absolute Gasteiger partial charge is 0.306 e. The summed E-state index contributed by atoms with van der Waals surface area (Å²) in [5, 5.41) is 32.9. The quantitative estimate of drug-likeness (QED) is 0.127. The van der Waals surface area contributed by atoms with E-state index in [-0.39, 0.29) is 18.4 Å². The van der Waals surface area contributed by atoms with Crippen LogP contribution in [0.1, 0.15) is 83.2 Å². The third-order valence-corrected chi connectivity index (χ3v) is 9.33. The topological polar surface area (TPSA) is 162 Å². The summed E-state index contributed by atoms with van der Waals surface area (Å²) >= 11 is 0. The number of carbonyl (C=O) groups excluding carboxylic acids is 1. The van der Waals surface area contributed by atoms with E-state index in [1.165, 1.54) is 32.1 Å². The van der Waals surface area contributed by atoms with Crippen LogP contribution in [0.2, 0.25) is 0 Å². The van der Waals surface area contributed by atoms with Gasteiger partial charge in [0.1, 0.15) is 11.5 Å². The number of carbonyl (C=O) groups is 2. The molecule has 1 aromatic carbocycles. The summed E-state index contributed by atoms with van der Waals surface area (Å²) in [6, 6.07) is 8.83. The fourth-order valence-electron chi connectivity index (χ4n) is 6.37. The number of hydrogen-bond acceptors (Lipinski definition) is 10. The van der Waals surface area contributed by atoms with Gasteiger partial charge in [-0.3, -0.25) is 14.3 Å². The molecular weight excluding hydrogens is 596 g/mol. The minimum absolute atomic E-state index is 0.0251. The van der Waals surface area contributed by atoms with E-state index in [1.807, 2.05) is 40.0 Å². The number of aliphatic carboxylic acids is 1. The maximum atomic E-state index is 12.6. The number of anilines is 2. The number of fused-ring (bicyclic) bond motifs is 1. The highest BCUT2D eigenvalue weighted by molar-refractivity contribution is 5.90. The molecule has 1 amide bonds. The first kappa shape index (κ1) is 34.5. The van der Waals surface area contributed by atoms with Crippen molar-refractivity contribution in [3.8, 4) is 0 Å². The summed E-state index contributed by atoms with van der Waals surface area (Å²) in [5.74, 6) is -0.0704. The van der Waals surface area contributed by atoms with Gasteiger partial charge >= 0.3 is 5.97 Å². The number of likely N-dealkylation sites (tertiary alicyclic amines) is 1. The zero-order valence-electron chi connectivity index (χ0n) is 27.8. The zero-order valence-corrected chi connectivity index (χ0v) is 27.8. The van der Waals surface area contributed by atoms with Crippen molar-refractivity contribution in [2.24, 2.45) is 5.92 Å². The lowest BCUT2D eigenvalue weighted by atomic mass is 9.95. The molecule has 256 valence electrons. The van der Waals surface area contributed by atoms with Crippen molar-refractivity contribution in [2.45, 2.75) is 103 Å². The van der Waals surface area contributed by atoms with Crippen molar-refractivity contribution >= 4 is 34.5 Å². The van der Waals surface area contributed by atoms with Crippen LogP contribution in [0.5, 0.6) is 0 Å². The summed E-state index contributed by atoms with van der Waals surface area (Å²) in [6.07, 6.45) is 13.1. The van der Waals surface area contributed by atoms with Crippen molar-refractivity contribution < 1.29 is 14.7 Å². The van der Waals surface area contributed by atoms with Crippen LogP contribution < -0.4 is 21.3 Å². The van der Waals surface area contributed by atoms with Crippen LogP contribution in [0.25, 0.3) is 10.9 Å². The number of nitrogens with one attached hydrogen (secondary N) is 4. The largest absolute Gasteiger partial charge is 0.481 e. The van der Waals surface area contributed by atoms with Crippen molar-refractivity contribution in [3.05, 3.63) is 36.2 Å². The summed E-state index contributed by atoms with van der Waals surface area (Å²) in [5.41, 5.74) is 1.67. The lowest BCUT2D eigenvalue weighted by Gasteiger charge is -2.33. The monoisotopic (exact) mass is 648 g/mol. The predicted octanol–water partition coefficient (Wildman–Crippen LogP) is 4.03. The molecule has 13 nitrogen and oxygen atoms in total.